The molecule has 2 unspecified atom stereocenters. The van der Waals surface area contributed by atoms with Gasteiger partial charge in [-0.3, -0.25) is 18.6 Å². The monoisotopic (exact) mass is 744 g/mol. The zero-order valence-electron chi connectivity index (χ0n) is 32.7. The van der Waals surface area contributed by atoms with E-state index in [9.17, 15) is 24.2 Å². The molecule has 0 radical (unpaired) electrons. The standard InChI is InChI=1S/C41H78NO8P/c1-3-5-7-9-11-13-15-17-19-21-23-25-27-29-31-33-39(45)41(37-42,50-51(47,48)49-36-38(44)35-43)40(46)34-32-30-28-26-24-22-20-18-16-14-12-10-8-6-4-2/h17-20,38,43-44H,3-16,21-37,42H2,1-2H3,(H,47,48)/b19-17-,20-18-. The Balaban J connectivity index is 4.70. The molecule has 10 heteroatoms. The van der Waals surface area contributed by atoms with Gasteiger partial charge in [0, 0.05) is 19.4 Å². The summed E-state index contributed by atoms with van der Waals surface area (Å²) >= 11 is 0. The molecule has 0 amide bonds. The van der Waals surface area contributed by atoms with Crippen LogP contribution in [0.3, 0.4) is 0 Å². The van der Waals surface area contributed by atoms with E-state index in [1.54, 1.807) is 0 Å². The van der Waals surface area contributed by atoms with Crippen molar-refractivity contribution in [1.82, 2.24) is 0 Å². The Hall–Kier alpha value is -1.19. The van der Waals surface area contributed by atoms with Crippen LogP contribution in [0.2, 0.25) is 0 Å². The number of unbranched alkanes of at least 4 members (excludes halogenated alkanes) is 22. The van der Waals surface area contributed by atoms with Crippen LogP contribution < -0.4 is 5.73 Å². The lowest BCUT2D eigenvalue weighted by atomic mass is 9.87. The molecule has 0 aromatic carbocycles. The van der Waals surface area contributed by atoms with Crippen molar-refractivity contribution in [1.29, 1.82) is 0 Å². The van der Waals surface area contributed by atoms with Crippen molar-refractivity contribution in [2.24, 2.45) is 5.73 Å². The van der Waals surface area contributed by atoms with Crippen molar-refractivity contribution < 1.29 is 38.3 Å². The highest BCUT2D eigenvalue weighted by Crippen LogP contribution is 2.48. The molecule has 0 spiro atoms. The van der Waals surface area contributed by atoms with Gasteiger partial charge in [-0.2, -0.15) is 0 Å². The number of ketones is 2. The lowest BCUT2D eigenvalue weighted by Crippen LogP contribution is -2.54. The van der Waals surface area contributed by atoms with Gasteiger partial charge in [-0.25, -0.2) is 4.57 Å². The maximum absolute atomic E-state index is 13.5. The molecule has 0 heterocycles. The number of nitrogens with two attached hydrogens (primary N) is 1. The minimum Gasteiger partial charge on any atom is -0.394 e. The summed E-state index contributed by atoms with van der Waals surface area (Å²) < 4.78 is 22.9. The largest absolute Gasteiger partial charge is 0.473 e. The molecule has 0 aliphatic carbocycles. The number of phosphoric acid groups is 1. The highest BCUT2D eigenvalue weighted by atomic mass is 31.2. The molecule has 5 N–H and O–H groups in total. The minimum atomic E-state index is -4.96. The number of phosphoric ester groups is 1. The third kappa shape index (κ3) is 28.0. The van der Waals surface area contributed by atoms with Crippen molar-refractivity contribution >= 4 is 19.4 Å². The Morgan fingerprint density at radius 1 is 0.627 bits per heavy atom. The summed E-state index contributed by atoms with van der Waals surface area (Å²) in [6, 6.07) is 0. The molecule has 51 heavy (non-hydrogen) atoms. The van der Waals surface area contributed by atoms with Gasteiger partial charge in [0.25, 0.3) is 0 Å². The Morgan fingerprint density at radius 3 is 1.29 bits per heavy atom. The van der Waals surface area contributed by atoms with Crippen LogP contribution in [0, 0.1) is 0 Å². The number of Topliss-reactive ketones (excluding diaryl/α,β-unsaturated/α-hetero) is 2. The average Bonchev–Trinajstić information content (AvgIpc) is 3.12. The summed E-state index contributed by atoms with van der Waals surface area (Å²) in [6.45, 7) is 2.50. The molecule has 0 saturated carbocycles. The first kappa shape index (κ1) is 49.8. The molecule has 300 valence electrons. The fraction of sp³-hybridized carbons (Fsp3) is 0.854. The predicted octanol–water partition coefficient (Wildman–Crippen LogP) is 10.4. The maximum atomic E-state index is 13.5. The van der Waals surface area contributed by atoms with E-state index in [0.717, 1.165) is 77.0 Å². The van der Waals surface area contributed by atoms with E-state index in [2.05, 4.69) is 38.2 Å². The van der Waals surface area contributed by atoms with Crippen LogP contribution in [-0.4, -0.2) is 58.1 Å². The number of allylic oxidation sites excluding steroid dienone is 4. The first-order valence-corrected chi connectivity index (χ1v) is 22.2. The highest BCUT2D eigenvalue weighted by Gasteiger charge is 2.49. The molecule has 0 aromatic heterocycles. The van der Waals surface area contributed by atoms with Gasteiger partial charge in [-0.1, -0.05) is 141 Å². The zero-order chi connectivity index (χ0) is 37.9. The molecule has 0 aromatic rings. The maximum Gasteiger partial charge on any atom is 0.473 e. The Morgan fingerprint density at radius 2 is 0.961 bits per heavy atom. The van der Waals surface area contributed by atoms with Crippen molar-refractivity contribution in [3.63, 3.8) is 0 Å². The number of aliphatic hydroxyl groups excluding tert-OH is 2. The van der Waals surface area contributed by atoms with Crippen LogP contribution in [0.1, 0.15) is 194 Å². The second kappa shape index (κ2) is 34.6. The number of aliphatic hydroxyl groups is 2. The summed E-state index contributed by atoms with van der Waals surface area (Å²) in [4.78, 5) is 37.3. The quantitative estimate of drug-likeness (QED) is 0.0208. The molecule has 0 aliphatic heterocycles. The van der Waals surface area contributed by atoms with Gasteiger partial charge in [0.2, 0.25) is 5.60 Å². The highest BCUT2D eigenvalue weighted by molar-refractivity contribution is 7.47. The van der Waals surface area contributed by atoms with Gasteiger partial charge in [0.05, 0.1) is 13.2 Å². The van der Waals surface area contributed by atoms with Crippen molar-refractivity contribution in [3.8, 4) is 0 Å². The van der Waals surface area contributed by atoms with Crippen molar-refractivity contribution in [2.75, 3.05) is 19.8 Å². The van der Waals surface area contributed by atoms with Crippen molar-refractivity contribution in [2.45, 2.75) is 205 Å². The lowest BCUT2D eigenvalue weighted by Gasteiger charge is -2.31. The van der Waals surface area contributed by atoms with Crippen molar-refractivity contribution in [3.05, 3.63) is 24.3 Å². The van der Waals surface area contributed by atoms with E-state index in [1.165, 1.54) is 77.0 Å². The number of hydrogen-bond donors (Lipinski definition) is 4. The Bertz CT molecular complexity index is 889. The van der Waals surface area contributed by atoms with Gasteiger partial charge in [0.1, 0.15) is 6.10 Å². The smallest absolute Gasteiger partial charge is 0.394 e. The number of carbonyl (C=O) groups excluding carboxylic acids is 2. The lowest BCUT2D eigenvalue weighted by molar-refractivity contribution is -0.149. The van der Waals surface area contributed by atoms with E-state index in [1.807, 2.05) is 0 Å². The SMILES string of the molecule is CCCCCCCC/C=C\CCCCCCCC(=O)C(CN)(OP(=O)(O)OCC(O)CO)C(=O)CCCCCCC/C=C\CCCCCCCC. The molecule has 9 nitrogen and oxygen atoms in total. The summed E-state index contributed by atoms with van der Waals surface area (Å²) in [5, 5.41) is 18.6. The van der Waals surface area contributed by atoms with E-state index >= 15 is 0 Å². The molecule has 0 saturated heterocycles. The summed E-state index contributed by atoms with van der Waals surface area (Å²) in [5.74, 6) is -1.25. The average molecular weight is 744 g/mol. The van der Waals surface area contributed by atoms with Crippen LogP contribution in [-0.2, 0) is 23.2 Å². The zero-order valence-corrected chi connectivity index (χ0v) is 33.6. The van der Waals surface area contributed by atoms with E-state index in [0.29, 0.717) is 12.8 Å². The van der Waals surface area contributed by atoms with Gasteiger partial charge in [-0.05, 0) is 64.2 Å². The fourth-order valence-corrected chi connectivity index (χ4v) is 7.18. The van der Waals surface area contributed by atoms with Gasteiger partial charge in [-0.15, -0.1) is 0 Å². The van der Waals surface area contributed by atoms with Gasteiger partial charge >= 0.3 is 7.82 Å². The minimum absolute atomic E-state index is 0.00720. The Kier molecular flexibility index (Phi) is 33.8. The number of rotatable bonds is 39. The summed E-state index contributed by atoms with van der Waals surface area (Å²) in [5.41, 5.74) is 3.66. The normalized spacial score (nSPS) is 14.1. The van der Waals surface area contributed by atoms with E-state index in [-0.39, 0.29) is 12.8 Å². The second-order valence-electron chi connectivity index (χ2n) is 14.2. The molecular formula is C41H78NO8P. The van der Waals surface area contributed by atoms with E-state index in [4.69, 9.17) is 19.9 Å². The van der Waals surface area contributed by atoms with Gasteiger partial charge < -0.3 is 20.8 Å². The molecule has 0 rings (SSSR count). The molecular weight excluding hydrogens is 665 g/mol. The second-order valence-corrected chi connectivity index (χ2v) is 15.6. The van der Waals surface area contributed by atoms with Crippen LogP contribution >= 0.6 is 7.82 Å². The summed E-state index contributed by atoms with van der Waals surface area (Å²) in [6.07, 6.45) is 36.4. The number of hydrogen-bond acceptors (Lipinski definition) is 8. The fourth-order valence-electron chi connectivity index (χ4n) is 6.09. The van der Waals surface area contributed by atoms with Crippen LogP contribution in [0.25, 0.3) is 0 Å². The summed E-state index contributed by atoms with van der Waals surface area (Å²) in [7, 11) is -4.96. The third-order valence-corrected chi connectivity index (χ3v) is 10.4. The third-order valence-electron chi connectivity index (χ3n) is 9.43. The topological polar surface area (TPSA) is 156 Å². The van der Waals surface area contributed by atoms with Crippen LogP contribution in [0.5, 0.6) is 0 Å². The molecule has 0 bridgehead atoms. The van der Waals surface area contributed by atoms with Gasteiger partial charge in [0.15, 0.2) is 11.6 Å². The first-order valence-electron chi connectivity index (χ1n) is 20.7. The predicted molar refractivity (Wildman–Crippen MR) is 211 cm³/mol. The first-order chi connectivity index (χ1) is 24.7. The van der Waals surface area contributed by atoms with Crippen LogP contribution in [0.15, 0.2) is 24.3 Å². The molecule has 0 fully saturated rings. The molecule has 0 aliphatic rings. The van der Waals surface area contributed by atoms with E-state index < -0.39 is 50.9 Å². The molecule has 2 atom stereocenters. The van der Waals surface area contributed by atoms with Crippen LogP contribution in [0.4, 0.5) is 0 Å². The Labute approximate surface area is 312 Å². The number of carbonyl (C=O) groups is 2.